The number of ether oxygens (including phenoxy) is 1. The number of aromatic nitrogens is 1. The molecule has 0 spiro atoms. The maximum atomic E-state index is 13.2. The third-order valence-electron chi connectivity index (χ3n) is 3.35. The van der Waals surface area contributed by atoms with E-state index in [4.69, 9.17) is 16.3 Å². The largest absolute Gasteiger partial charge is 0.619 e. The molecule has 0 unspecified atom stereocenters. The Morgan fingerprint density at radius 2 is 1.86 bits per heavy atom. The van der Waals surface area contributed by atoms with Gasteiger partial charge in [0.1, 0.15) is 5.75 Å². The first-order chi connectivity index (χ1) is 10.6. The standard InChI is InChI=1S/C17H13ClFNO2/c18-16-5-6-17(15-4-2-1-3-14(15)16)22-8-7-12-9-13(19)11-20(21)10-12/h1-6,9-11H,7-8H2. The molecule has 3 nitrogen and oxygen atoms in total. The molecule has 0 saturated carbocycles. The zero-order chi connectivity index (χ0) is 15.5. The summed E-state index contributed by atoms with van der Waals surface area (Å²) < 4.78 is 19.4. The third-order valence-corrected chi connectivity index (χ3v) is 3.68. The summed E-state index contributed by atoms with van der Waals surface area (Å²) in [7, 11) is 0. The van der Waals surface area contributed by atoms with Gasteiger partial charge in [-0.1, -0.05) is 35.9 Å². The summed E-state index contributed by atoms with van der Waals surface area (Å²) in [6, 6.07) is 12.6. The molecule has 0 aliphatic heterocycles. The van der Waals surface area contributed by atoms with Crippen LogP contribution in [0.3, 0.4) is 0 Å². The van der Waals surface area contributed by atoms with Gasteiger partial charge in [0, 0.05) is 27.8 Å². The molecular formula is C17H13ClFNO2. The minimum Gasteiger partial charge on any atom is -0.619 e. The molecule has 0 atom stereocenters. The molecule has 22 heavy (non-hydrogen) atoms. The van der Waals surface area contributed by atoms with Crippen molar-refractivity contribution in [1.82, 2.24) is 0 Å². The van der Waals surface area contributed by atoms with E-state index < -0.39 is 5.82 Å². The Balaban J connectivity index is 1.76. The SMILES string of the molecule is [O-][n+]1cc(F)cc(CCOc2ccc(Cl)c3ccccc23)c1. The fourth-order valence-corrected chi connectivity index (χ4v) is 2.58. The number of halogens is 2. The average Bonchev–Trinajstić information content (AvgIpc) is 2.49. The summed E-state index contributed by atoms with van der Waals surface area (Å²) in [5, 5.41) is 13.7. The van der Waals surface area contributed by atoms with Crippen LogP contribution in [0.5, 0.6) is 5.75 Å². The summed E-state index contributed by atoms with van der Waals surface area (Å²) in [5.41, 5.74) is 0.591. The highest BCUT2D eigenvalue weighted by Crippen LogP contribution is 2.31. The van der Waals surface area contributed by atoms with Crippen LogP contribution in [0, 0.1) is 11.0 Å². The Bertz CT molecular complexity index is 803. The Kier molecular flexibility index (Phi) is 4.11. The molecule has 0 fully saturated rings. The monoisotopic (exact) mass is 317 g/mol. The number of hydrogen-bond donors (Lipinski definition) is 0. The lowest BCUT2D eigenvalue weighted by Gasteiger charge is -2.10. The van der Waals surface area contributed by atoms with Crippen molar-refractivity contribution >= 4 is 22.4 Å². The molecular weight excluding hydrogens is 305 g/mol. The van der Waals surface area contributed by atoms with Gasteiger partial charge in [0.15, 0.2) is 12.0 Å². The van der Waals surface area contributed by atoms with Crippen LogP contribution in [-0.2, 0) is 6.42 Å². The molecule has 5 heteroatoms. The van der Waals surface area contributed by atoms with Gasteiger partial charge in [-0.2, -0.15) is 4.73 Å². The minimum atomic E-state index is -0.551. The summed E-state index contributed by atoms with van der Waals surface area (Å²) >= 11 is 6.16. The van der Waals surface area contributed by atoms with E-state index in [0.717, 1.165) is 17.0 Å². The number of rotatable bonds is 4. The Labute approximate surface area is 132 Å². The number of nitrogens with zero attached hydrogens (tertiary/aromatic N) is 1. The number of hydrogen-bond acceptors (Lipinski definition) is 2. The van der Waals surface area contributed by atoms with Gasteiger partial charge in [0.2, 0.25) is 6.20 Å². The van der Waals surface area contributed by atoms with Gasteiger partial charge < -0.3 is 9.94 Å². The van der Waals surface area contributed by atoms with Crippen molar-refractivity contribution in [2.75, 3.05) is 6.61 Å². The highest BCUT2D eigenvalue weighted by Gasteiger charge is 2.07. The van der Waals surface area contributed by atoms with E-state index in [1.807, 2.05) is 30.3 Å². The smallest absolute Gasteiger partial charge is 0.216 e. The molecule has 0 amide bonds. The van der Waals surface area contributed by atoms with Gasteiger partial charge >= 0.3 is 0 Å². The summed E-state index contributed by atoms with van der Waals surface area (Å²) in [5.74, 6) is 0.163. The lowest BCUT2D eigenvalue weighted by molar-refractivity contribution is -0.607. The van der Waals surface area contributed by atoms with E-state index in [1.54, 1.807) is 6.07 Å². The molecule has 1 heterocycles. The molecule has 3 aromatic rings. The zero-order valence-electron chi connectivity index (χ0n) is 11.6. The van der Waals surface area contributed by atoms with Crippen molar-refractivity contribution < 1.29 is 13.9 Å². The molecule has 0 aliphatic rings. The van der Waals surface area contributed by atoms with Crippen LogP contribution in [0.15, 0.2) is 54.9 Å². The van der Waals surface area contributed by atoms with Crippen LogP contribution in [-0.4, -0.2) is 6.61 Å². The van der Waals surface area contributed by atoms with Crippen molar-refractivity contribution in [3.05, 3.63) is 76.5 Å². The van der Waals surface area contributed by atoms with E-state index in [9.17, 15) is 9.60 Å². The van der Waals surface area contributed by atoms with Crippen LogP contribution in [0.1, 0.15) is 5.56 Å². The lowest BCUT2D eigenvalue weighted by Crippen LogP contribution is -2.26. The van der Waals surface area contributed by atoms with E-state index in [1.165, 1.54) is 12.3 Å². The molecule has 1 aromatic heterocycles. The number of pyridine rings is 1. The summed E-state index contributed by atoms with van der Waals surface area (Å²) in [6.07, 6.45) is 2.67. The minimum absolute atomic E-state index is 0.342. The number of benzene rings is 2. The highest BCUT2D eigenvalue weighted by atomic mass is 35.5. The second kappa shape index (κ2) is 6.20. The van der Waals surface area contributed by atoms with Crippen molar-refractivity contribution in [1.29, 1.82) is 0 Å². The molecule has 3 rings (SSSR count). The fraction of sp³-hybridized carbons (Fsp3) is 0.118. The van der Waals surface area contributed by atoms with Gasteiger partial charge in [-0.05, 0) is 18.2 Å². The Morgan fingerprint density at radius 3 is 2.64 bits per heavy atom. The van der Waals surface area contributed by atoms with Crippen LogP contribution in [0.4, 0.5) is 4.39 Å². The number of fused-ring (bicyclic) bond motifs is 1. The quantitative estimate of drug-likeness (QED) is 0.540. The normalized spacial score (nSPS) is 10.8. The average molecular weight is 318 g/mol. The molecule has 0 saturated heterocycles. The molecule has 2 aromatic carbocycles. The highest BCUT2D eigenvalue weighted by molar-refractivity contribution is 6.35. The fourth-order valence-electron chi connectivity index (χ4n) is 2.35. The molecule has 0 bridgehead atoms. The van der Waals surface area contributed by atoms with Crippen LogP contribution < -0.4 is 9.47 Å². The van der Waals surface area contributed by atoms with E-state index in [2.05, 4.69) is 0 Å². The zero-order valence-corrected chi connectivity index (χ0v) is 12.4. The van der Waals surface area contributed by atoms with Gasteiger partial charge in [-0.25, -0.2) is 4.39 Å². The van der Waals surface area contributed by atoms with Crippen LogP contribution >= 0.6 is 11.6 Å². The molecule has 0 aliphatic carbocycles. The first-order valence-electron chi connectivity index (χ1n) is 6.82. The van der Waals surface area contributed by atoms with E-state index in [-0.39, 0.29) is 0 Å². The second-order valence-corrected chi connectivity index (χ2v) is 5.32. The van der Waals surface area contributed by atoms with Crippen molar-refractivity contribution in [3.8, 4) is 5.75 Å². The molecule has 112 valence electrons. The topological polar surface area (TPSA) is 36.2 Å². The Hall–Kier alpha value is -2.33. The first-order valence-corrected chi connectivity index (χ1v) is 7.19. The van der Waals surface area contributed by atoms with Gasteiger partial charge in [-0.15, -0.1) is 0 Å². The van der Waals surface area contributed by atoms with Crippen molar-refractivity contribution in [2.24, 2.45) is 0 Å². The maximum Gasteiger partial charge on any atom is 0.216 e. The lowest BCUT2D eigenvalue weighted by atomic mass is 10.1. The first kappa shape index (κ1) is 14.6. The maximum absolute atomic E-state index is 13.2. The predicted molar refractivity (Wildman–Crippen MR) is 83.5 cm³/mol. The Morgan fingerprint density at radius 1 is 1.09 bits per heavy atom. The van der Waals surface area contributed by atoms with Crippen LogP contribution in [0.25, 0.3) is 10.8 Å². The van der Waals surface area contributed by atoms with Gasteiger partial charge in [0.25, 0.3) is 0 Å². The third kappa shape index (κ3) is 3.12. The van der Waals surface area contributed by atoms with Crippen molar-refractivity contribution in [3.63, 3.8) is 0 Å². The molecule has 0 N–H and O–H groups in total. The summed E-state index contributed by atoms with van der Waals surface area (Å²) in [4.78, 5) is 0. The predicted octanol–water partition coefficient (Wildman–Crippen LogP) is 3.89. The molecule has 0 radical (unpaired) electrons. The van der Waals surface area contributed by atoms with E-state index in [0.29, 0.717) is 34.1 Å². The van der Waals surface area contributed by atoms with Gasteiger partial charge in [-0.3, -0.25) is 0 Å². The van der Waals surface area contributed by atoms with Crippen molar-refractivity contribution in [2.45, 2.75) is 6.42 Å². The second-order valence-electron chi connectivity index (χ2n) is 4.91. The van der Waals surface area contributed by atoms with E-state index >= 15 is 0 Å². The summed E-state index contributed by atoms with van der Waals surface area (Å²) in [6.45, 7) is 0.342. The van der Waals surface area contributed by atoms with Gasteiger partial charge in [0.05, 0.1) is 6.61 Å². The van der Waals surface area contributed by atoms with Crippen LogP contribution in [0.2, 0.25) is 5.02 Å².